The third-order valence-electron chi connectivity index (χ3n) is 7.57. The van der Waals surface area contributed by atoms with E-state index < -0.39 is 0 Å². The van der Waals surface area contributed by atoms with Gasteiger partial charge in [0.25, 0.3) is 11.8 Å². The van der Waals surface area contributed by atoms with Gasteiger partial charge in [0.05, 0.1) is 11.9 Å². The first kappa shape index (κ1) is 28.6. The van der Waals surface area contributed by atoms with E-state index in [0.29, 0.717) is 50.9 Å². The number of aromatic nitrogens is 5. The van der Waals surface area contributed by atoms with Crippen molar-refractivity contribution in [2.45, 2.75) is 20.8 Å². The van der Waals surface area contributed by atoms with E-state index in [0.717, 1.165) is 49.4 Å². The van der Waals surface area contributed by atoms with Crippen molar-refractivity contribution in [2.24, 2.45) is 0 Å². The molecular formula is C30H33N9O3S. The maximum Gasteiger partial charge on any atom is 0.274 e. The van der Waals surface area contributed by atoms with Gasteiger partial charge in [0.1, 0.15) is 21.2 Å². The predicted molar refractivity (Wildman–Crippen MR) is 164 cm³/mol. The lowest BCUT2D eigenvalue weighted by atomic mass is 10.1. The van der Waals surface area contributed by atoms with Gasteiger partial charge < -0.3 is 20.1 Å². The Morgan fingerprint density at radius 3 is 2.56 bits per heavy atom. The van der Waals surface area contributed by atoms with Crippen LogP contribution in [-0.2, 0) is 0 Å². The quantitative estimate of drug-likeness (QED) is 0.274. The molecular weight excluding hydrogens is 566 g/mol. The molecule has 1 saturated heterocycles. The lowest BCUT2D eigenvalue weighted by Gasteiger charge is -2.32. The summed E-state index contributed by atoms with van der Waals surface area (Å²) in [7, 11) is 2.13. The number of imidazole rings is 1. The van der Waals surface area contributed by atoms with Crippen LogP contribution in [0.1, 0.15) is 37.3 Å². The average molecular weight is 600 g/mol. The molecule has 0 spiro atoms. The highest BCUT2D eigenvalue weighted by Gasteiger charge is 2.20. The number of carbonyl (C=O) groups excluding carboxylic acids is 2. The van der Waals surface area contributed by atoms with Crippen LogP contribution in [0.3, 0.4) is 0 Å². The fourth-order valence-corrected chi connectivity index (χ4v) is 5.96. The number of anilines is 1. The molecule has 0 bridgehead atoms. The number of nitrogens with one attached hydrogen (secondary N) is 2. The van der Waals surface area contributed by atoms with Crippen LogP contribution in [0.4, 0.5) is 5.69 Å². The van der Waals surface area contributed by atoms with Gasteiger partial charge in [-0.3, -0.25) is 18.9 Å². The summed E-state index contributed by atoms with van der Waals surface area (Å²) in [5.41, 5.74) is 4.71. The van der Waals surface area contributed by atoms with E-state index >= 15 is 0 Å². The molecule has 43 heavy (non-hydrogen) atoms. The second-order valence-electron chi connectivity index (χ2n) is 10.7. The van der Waals surface area contributed by atoms with E-state index in [1.165, 1.54) is 11.3 Å². The van der Waals surface area contributed by atoms with Crippen molar-refractivity contribution in [3.8, 4) is 22.0 Å². The smallest absolute Gasteiger partial charge is 0.274 e. The number of benzene rings is 1. The van der Waals surface area contributed by atoms with Crippen molar-refractivity contribution in [3.63, 3.8) is 0 Å². The Labute approximate surface area is 252 Å². The molecule has 1 aliphatic heterocycles. The van der Waals surface area contributed by atoms with Crippen LogP contribution in [0.5, 0.6) is 0 Å². The zero-order valence-corrected chi connectivity index (χ0v) is 25.4. The third-order valence-corrected chi connectivity index (χ3v) is 8.77. The Morgan fingerprint density at radius 2 is 1.79 bits per heavy atom. The van der Waals surface area contributed by atoms with Gasteiger partial charge in [-0.1, -0.05) is 17.3 Å². The predicted octanol–water partition coefficient (Wildman–Crippen LogP) is 3.66. The summed E-state index contributed by atoms with van der Waals surface area (Å²) < 4.78 is 6.84. The molecule has 5 heterocycles. The molecule has 2 N–H and O–H groups in total. The topological polar surface area (TPSA) is 134 Å². The van der Waals surface area contributed by atoms with Crippen LogP contribution in [0, 0.1) is 20.8 Å². The van der Waals surface area contributed by atoms with Gasteiger partial charge in [0.15, 0.2) is 0 Å². The number of fused-ring (bicyclic) bond motifs is 1. The van der Waals surface area contributed by atoms with Gasteiger partial charge in [-0.15, -0.1) is 11.3 Å². The first-order valence-corrected chi connectivity index (χ1v) is 14.9. The van der Waals surface area contributed by atoms with Gasteiger partial charge >= 0.3 is 0 Å². The molecule has 1 aliphatic rings. The number of hydrogen-bond acceptors (Lipinski definition) is 10. The summed E-state index contributed by atoms with van der Waals surface area (Å²) in [6.45, 7) is 11.0. The molecule has 6 rings (SSSR count). The van der Waals surface area contributed by atoms with Crippen LogP contribution in [0.15, 0.2) is 47.2 Å². The zero-order chi connectivity index (χ0) is 30.1. The number of aryl methyl sites for hydroxylation is 3. The lowest BCUT2D eigenvalue weighted by Crippen LogP contribution is -2.46. The van der Waals surface area contributed by atoms with E-state index in [9.17, 15) is 9.59 Å². The summed E-state index contributed by atoms with van der Waals surface area (Å²) >= 11 is 1.34. The number of amides is 2. The van der Waals surface area contributed by atoms with Crippen LogP contribution >= 0.6 is 11.3 Å². The normalized spacial score (nSPS) is 14.3. The number of hydrogen-bond donors (Lipinski definition) is 2. The van der Waals surface area contributed by atoms with Gasteiger partial charge in [-0.05, 0) is 44.7 Å². The minimum atomic E-state index is -0.315. The molecule has 4 aromatic heterocycles. The van der Waals surface area contributed by atoms with Gasteiger partial charge in [0.2, 0.25) is 11.7 Å². The van der Waals surface area contributed by atoms with Crippen molar-refractivity contribution in [1.82, 2.24) is 39.6 Å². The van der Waals surface area contributed by atoms with Crippen LogP contribution in [-0.4, -0.2) is 92.4 Å². The number of pyridine rings is 1. The number of piperazine rings is 1. The van der Waals surface area contributed by atoms with Crippen molar-refractivity contribution in [2.75, 3.05) is 51.6 Å². The van der Waals surface area contributed by atoms with Crippen molar-refractivity contribution < 1.29 is 14.1 Å². The molecule has 0 saturated carbocycles. The molecule has 0 aliphatic carbocycles. The highest BCUT2D eigenvalue weighted by molar-refractivity contribution is 7.17. The fourth-order valence-electron chi connectivity index (χ4n) is 4.98. The van der Waals surface area contributed by atoms with Gasteiger partial charge in [0, 0.05) is 69.2 Å². The molecule has 12 nitrogen and oxygen atoms in total. The Morgan fingerprint density at radius 1 is 1.00 bits per heavy atom. The average Bonchev–Trinajstić information content (AvgIpc) is 3.73. The van der Waals surface area contributed by atoms with Crippen LogP contribution < -0.4 is 10.6 Å². The molecule has 1 fully saturated rings. The van der Waals surface area contributed by atoms with Crippen LogP contribution in [0.2, 0.25) is 0 Å². The number of thiazole rings is 1. The molecule has 2 amide bonds. The molecule has 5 aromatic rings. The van der Waals surface area contributed by atoms with E-state index in [1.807, 2.05) is 50.4 Å². The summed E-state index contributed by atoms with van der Waals surface area (Å²) in [5.74, 6) is 0.485. The summed E-state index contributed by atoms with van der Waals surface area (Å²) in [6.07, 6.45) is 3.37. The standard InChI is InChI=1S/C30H33N9O3S/c1-18-5-6-21(27-34-20(3)42-36-27)15-23(18)35-28(40)24-16-32-25-8-7-22(17-39(24)25)30-33-19(2)26(43-30)29(41)31-9-10-38-13-11-37(4)12-14-38/h5-8,15-17H,9-14H2,1-4H3,(H,31,41)(H,35,40). The lowest BCUT2D eigenvalue weighted by molar-refractivity contribution is 0.0943. The molecule has 0 unspecified atom stereocenters. The maximum absolute atomic E-state index is 13.4. The highest BCUT2D eigenvalue weighted by atomic mass is 32.1. The zero-order valence-electron chi connectivity index (χ0n) is 24.5. The molecule has 13 heteroatoms. The van der Waals surface area contributed by atoms with Crippen molar-refractivity contribution in [3.05, 3.63) is 70.4 Å². The fraction of sp³-hybridized carbons (Fsp3) is 0.333. The Kier molecular flexibility index (Phi) is 8.02. The second kappa shape index (κ2) is 12.0. The van der Waals surface area contributed by atoms with Crippen LogP contribution in [0.25, 0.3) is 27.6 Å². The second-order valence-corrected chi connectivity index (χ2v) is 11.7. The molecule has 1 aromatic carbocycles. The Balaban J connectivity index is 1.17. The largest absolute Gasteiger partial charge is 0.350 e. The first-order valence-electron chi connectivity index (χ1n) is 14.1. The number of likely N-dealkylation sites (N-methyl/N-ethyl adjacent to an activating group) is 1. The monoisotopic (exact) mass is 599 g/mol. The molecule has 0 atom stereocenters. The Bertz CT molecular complexity index is 1800. The van der Waals surface area contributed by atoms with Crippen molar-refractivity contribution in [1.29, 1.82) is 0 Å². The number of carbonyl (C=O) groups is 2. The summed E-state index contributed by atoms with van der Waals surface area (Å²) in [5, 5.41) is 10.7. The minimum Gasteiger partial charge on any atom is -0.350 e. The summed E-state index contributed by atoms with van der Waals surface area (Å²) in [4.78, 5) is 45.1. The van der Waals surface area contributed by atoms with E-state index in [2.05, 4.69) is 47.6 Å². The van der Waals surface area contributed by atoms with Gasteiger partial charge in [-0.2, -0.15) is 4.98 Å². The molecule has 222 valence electrons. The van der Waals surface area contributed by atoms with Gasteiger partial charge in [-0.25, -0.2) is 9.97 Å². The molecule has 0 radical (unpaired) electrons. The third kappa shape index (κ3) is 6.19. The van der Waals surface area contributed by atoms with E-state index in [-0.39, 0.29) is 11.8 Å². The number of rotatable bonds is 8. The SMILES string of the molecule is Cc1nc(-c2ccc(C)c(NC(=O)c3cnc4ccc(-c5nc(C)c(C(=O)NCCN6CCN(C)CC6)s5)cn34)c2)no1. The number of nitrogens with zero attached hydrogens (tertiary/aromatic N) is 7. The minimum absolute atomic E-state index is 0.118. The summed E-state index contributed by atoms with van der Waals surface area (Å²) in [6, 6.07) is 9.34. The van der Waals surface area contributed by atoms with E-state index in [1.54, 1.807) is 17.5 Å². The van der Waals surface area contributed by atoms with Crippen molar-refractivity contribution >= 4 is 34.5 Å². The van der Waals surface area contributed by atoms with E-state index in [4.69, 9.17) is 4.52 Å². The first-order chi connectivity index (χ1) is 20.7. The maximum atomic E-state index is 13.4. The highest BCUT2D eigenvalue weighted by Crippen LogP contribution is 2.29. The Hall–Kier alpha value is -4.46.